The molecule has 0 bridgehead atoms. The molecule has 0 radical (unpaired) electrons. The quantitative estimate of drug-likeness (QED) is 0.176. The van der Waals surface area contributed by atoms with Crippen LogP contribution in [0, 0.1) is 5.92 Å². The molecule has 2 atom stereocenters. The number of aliphatic hydroxyl groups excluding tert-OH is 1. The van der Waals surface area contributed by atoms with Crippen molar-refractivity contribution in [3.8, 4) is 11.5 Å². The molecule has 0 aliphatic rings. The van der Waals surface area contributed by atoms with Gasteiger partial charge in [-0.3, -0.25) is 15.3 Å². The molecule has 0 aliphatic heterocycles. The summed E-state index contributed by atoms with van der Waals surface area (Å²) >= 11 is 0. The van der Waals surface area contributed by atoms with Crippen molar-refractivity contribution in [2.24, 2.45) is 5.92 Å². The van der Waals surface area contributed by atoms with Crippen LogP contribution in [0.2, 0.25) is 0 Å². The normalized spacial score (nSPS) is 12.8. The highest BCUT2D eigenvalue weighted by Gasteiger charge is 2.22. The molecule has 2 amide bonds. The molecule has 2 aromatic rings. The van der Waals surface area contributed by atoms with Crippen LogP contribution in [-0.4, -0.2) is 42.6 Å². The predicted molar refractivity (Wildman–Crippen MR) is 122 cm³/mol. The van der Waals surface area contributed by atoms with Gasteiger partial charge in [-0.15, -0.1) is 0 Å². The molecule has 2 aromatic carbocycles. The lowest BCUT2D eigenvalue weighted by atomic mass is 9.96. The summed E-state index contributed by atoms with van der Waals surface area (Å²) in [5, 5.41) is 20.1. The maximum absolute atomic E-state index is 12.6. The first kappa shape index (κ1) is 25.4. The Labute approximate surface area is 192 Å². The van der Waals surface area contributed by atoms with Crippen molar-refractivity contribution >= 4 is 17.7 Å². The third-order valence-corrected chi connectivity index (χ3v) is 4.50. The van der Waals surface area contributed by atoms with E-state index in [4.69, 9.17) is 24.5 Å². The number of carbonyl (C=O) groups excluding carboxylic acids is 2. The summed E-state index contributed by atoms with van der Waals surface area (Å²) in [6, 6.07) is 13.8. The Balaban J connectivity index is 2.15. The van der Waals surface area contributed by atoms with Gasteiger partial charge in [-0.2, -0.15) is 0 Å². The predicted octanol–water partition coefficient (Wildman–Crippen LogP) is 3.61. The molecule has 0 saturated heterocycles. The van der Waals surface area contributed by atoms with Crippen molar-refractivity contribution in [2.45, 2.75) is 13.0 Å². The highest BCUT2D eigenvalue weighted by atomic mass is 16.6. The summed E-state index contributed by atoms with van der Waals surface area (Å²) in [5.41, 5.74) is 2.78. The van der Waals surface area contributed by atoms with E-state index in [1.54, 1.807) is 67.8 Å². The number of hydrogen-bond donors (Lipinski definition) is 4. The standard InChI is InChI=1S/C24H28N2O7/c1-17(5-3-4-6-22(28)26-30)23(18-7-11-21(12-8-18)32-16-15-27)33-24(29)25-19-9-13-20(31-2)14-10-19/h3-14,17,23,27,30H,15-16H2,1-2H3,(H,25,29)(H,26,28)/b5-3+,6-4+/t17-,23+/m1/s1. The van der Waals surface area contributed by atoms with E-state index in [0.29, 0.717) is 17.2 Å². The lowest BCUT2D eigenvalue weighted by Gasteiger charge is -2.23. The van der Waals surface area contributed by atoms with Crippen LogP contribution >= 0.6 is 0 Å². The van der Waals surface area contributed by atoms with Crippen LogP contribution in [0.1, 0.15) is 18.6 Å². The largest absolute Gasteiger partial charge is 0.497 e. The second-order valence-corrected chi connectivity index (χ2v) is 6.90. The summed E-state index contributed by atoms with van der Waals surface area (Å²) in [5.74, 6) is 0.322. The van der Waals surface area contributed by atoms with Gasteiger partial charge in [-0.1, -0.05) is 37.3 Å². The number of amides is 2. The first-order valence-corrected chi connectivity index (χ1v) is 10.2. The van der Waals surface area contributed by atoms with Crippen LogP contribution in [0.3, 0.4) is 0 Å². The van der Waals surface area contributed by atoms with Gasteiger partial charge in [-0.25, -0.2) is 10.3 Å². The van der Waals surface area contributed by atoms with E-state index in [1.807, 2.05) is 6.92 Å². The van der Waals surface area contributed by atoms with Gasteiger partial charge < -0.3 is 19.3 Å². The molecule has 176 valence electrons. The molecular formula is C24H28N2O7. The SMILES string of the molecule is COc1ccc(NC(=O)O[C@H](c2ccc(OCCO)cc2)[C@H](C)/C=C/C=C/C(=O)NO)cc1. The summed E-state index contributed by atoms with van der Waals surface area (Å²) < 4.78 is 16.2. The fraction of sp³-hybridized carbons (Fsp3) is 0.250. The van der Waals surface area contributed by atoms with E-state index in [-0.39, 0.29) is 19.1 Å². The number of rotatable bonds is 11. The van der Waals surface area contributed by atoms with E-state index in [9.17, 15) is 9.59 Å². The minimum absolute atomic E-state index is 0.0946. The number of aliphatic hydroxyl groups is 1. The highest BCUT2D eigenvalue weighted by Crippen LogP contribution is 2.29. The number of benzene rings is 2. The maximum Gasteiger partial charge on any atom is 0.412 e. The lowest BCUT2D eigenvalue weighted by molar-refractivity contribution is -0.124. The van der Waals surface area contributed by atoms with Crippen molar-refractivity contribution in [1.29, 1.82) is 0 Å². The summed E-state index contributed by atoms with van der Waals surface area (Å²) in [6.07, 6.45) is 4.72. The maximum atomic E-state index is 12.6. The Hall–Kier alpha value is -3.82. The smallest absolute Gasteiger partial charge is 0.412 e. The summed E-state index contributed by atoms with van der Waals surface area (Å²) in [6.45, 7) is 1.94. The first-order chi connectivity index (χ1) is 16.0. The molecule has 0 saturated carbocycles. The van der Waals surface area contributed by atoms with Crippen LogP contribution in [0.4, 0.5) is 10.5 Å². The van der Waals surface area contributed by atoms with Crippen molar-refractivity contribution in [3.05, 3.63) is 78.4 Å². The van der Waals surface area contributed by atoms with E-state index in [1.165, 1.54) is 11.6 Å². The average molecular weight is 456 g/mol. The third-order valence-electron chi connectivity index (χ3n) is 4.50. The Morgan fingerprint density at radius 1 is 1.03 bits per heavy atom. The molecule has 9 nitrogen and oxygen atoms in total. The van der Waals surface area contributed by atoms with E-state index in [2.05, 4.69) is 5.32 Å². The minimum Gasteiger partial charge on any atom is -0.497 e. The summed E-state index contributed by atoms with van der Waals surface area (Å²) in [7, 11) is 1.56. The van der Waals surface area contributed by atoms with Gasteiger partial charge in [0, 0.05) is 17.7 Å². The average Bonchev–Trinajstić information content (AvgIpc) is 2.84. The zero-order valence-electron chi connectivity index (χ0n) is 18.4. The number of hydrogen-bond acceptors (Lipinski definition) is 7. The first-order valence-electron chi connectivity index (χ1n) is 10.2. The molecule has 0 aliphatic carbocycles. The number of carbonyl (C=O) groups is 2. The van der Waals surface area contributed by atoms with Crippen molar-refractivity contribution < 1.29 is 34.1 Å². The fourth-order valence-corrected chi connectivity index (χ4v) is 2.85. The number of anilines is 1. The molecule has 0 heterocycles. The van der Waals surface area contributed by atoms with Gasteiger partial charge in [0.2, 0.25) is 0 Å². The van der Waals surface area contributed by atoms with Crippen molar-refractivity contribution in [2.75, 3.05) is 25.6 Å². The topological polar surface area (TPSA) is 126 Å². The van der Waals surface area contributed by atoms with Crippen LogP contribution in [-0.2, 0) is 9.53 Å². The van der Waals surface area contributed by atoms with Crippen LogP contribution in [0.15, 0.2) is 72.8 Å². The molecule has 0 spiro atoms. The second-order valence-electron chi connectivity index (χ2n) is 6.90. The highest BCUT2D eigenvalue weighted by molar-refractivity contribution is 5.86. The van der Waals surface area contributed by atoms with Crippen molar-refractivity contribution in [1.82, 2.24) is 5.48 Å². The summed E-state index contributed by atoms with van der Waals surface area (Å²) in [4.78, 5) is 23.7. The molecule has 0 fully saturated rings. The number of methoxy groups -OCH3 is 1. The van der Waals surface area contributed by atoms with Crippen LogP contribution in [0.25, 0.3) is 0 Å². The number of nitrogens with one attached hydrogen (secondary N) is 2. The van der Waals surface area contributed by atoms with Gasteiger partial charge in [-0.05, 0) is 42.0 Å². The molecule has 2 rings (SSSR count). The molecule has 0 unspecified atom stereocenters. The van der Waals surface area contributed by atoms with Crippen LogP contribution in [0.5, 0.6) is 11.5 Å². The van der Waals surface area contributed by atoms with Gasteiger partial charge in [0.15, 0.2) is 0 Å². The molecular weight excluding hydrogens is 428 g/mol. The van der Waals surface area contributed by atoms with Gasteiger partial charge in [0.05, 0.1) is 13.7 Å². The zero-order chi connectivity index (χ0) is 24.1. The lowest BCUT2D eigenvalue weighted by Crippen LogP contribution is -2.21. The van der Waals surface area contributed by atoms with E-state index >= 15 is 0 Å². The van der Waals surface area contributed by atoms with E-state index < -0.39 is 18.1 Å². The minimum atomic E-state index is -0.655. The third kappa shape index (κ3) is 8.68. The monoisotopic (exact) mass is 456 g/mol. The Morgan fingerprint density at radius 3 is 2.30 bits per heavy atom. The van der Waals surface area contributed by atoms with E-state index in [0.717, 1.165) is 11.6 Å². The second kappa shape index (κ2) is 13.6. The van der Waals surface area contributed by atoms with Crippen molar-refractivity contribution in [3.63, 3.8) is 0 Å². The number of allylic oxidation sites excluding steroid dienone is 2. The Kier molecular flexibility index (Phi) is 10.5. The molecule has 33 heavy (non-hydrogen) atoms. The van der Waals surface area contributed by atoms with Crippen LogP contribution < -0.4 is 20.3 Å². The Bertz CT molecular complexity index is 940. The Morgan fingerprint density at radius 2 is 1.70 bits per heavy atom. The van der Waals surface area contributed by atoms with Gasteiger partial charge in [0.1, 0.15) is 24.2 Å². The molecule has 4 N–H and O–H groups in total. The van der Waals surface area contributed by atoms with Gasteiger partial charge >= 0.3 is 6.09 Å². The molecule has 9 heteroatoms. The van der Waals surface area contributed by atoms with Gasteiger partial charge in [0.25, 0.3) is 5.91 Å². The number of hydroxylamine groups is 1. The fourth-order valence-electron chi connectivity index (χ4n) is 2.85. The number of ether oxygens (including phenoxy) is 3. The zero-order valence-corrected chi connectivity index (χ0v) is 18.4. The molecule has 0 aromatic heterocycles.